The number of hydrogen-bond donors (Lipinski definition) is 1. The van der Waals surface area contributed by atoms with Gasteiger partial charge in [0, 0.05) is 37.9 Å². The number of alkyl halides is 3. The van der Waals surface area contributed by atoms with Crippen LogP contribution in [0.3, 0.4) is 0 Å². The van der Waals surface area contributed by atoms with Gasteiger partial charge in [0.2, 0.25) is 0 Å². The number of nitrogens with one attached hydrogen (secondary N) is 1. The zero-order valence-corrected chi connectivity index (χ0v) is 18.3. The Hall–Kier alpha value is -3.77. The van der Waals surface area contributed by atoms with Crippen molar-refractivity contribution in [2.24, 2.45) is 0 Å². The Balaban J connectivity index is 1.39. The van der Waals surface area contributed by atoms with Crippen molar-refractivity contribution < 1.29 is 26.1 Å². The molecule has 0 atom stereocenters. The largest absolute Gasteiger partial charge is 0.471 e. The highest BCUT2D eigenvalue weighted by Crippen LogP contribution is 2.27. The topological polar surface area (TPSA) is 103 Å². The van der Waals surface area contributed by atoms with Crippen LogP contribution >= 0.6 is 0 Å². The maximum atomic E-state index is 12.9. The van der Waals surface area contributed by atoms with Gasteiger partial charge in [-0.15, -0.1) is 0 Å². The van der Waals surface area contributed by atoms with Gasteiger partial charge in [-0.3, -0.25) is 4.98 Å². The Labute approximate surface area is 192 Å². The standard InChI is InChI=1S/C22H18F3N5O3S/c23-22(24,25)21-28-20(29-33-21)8-5-17-9-11-30(15-17)34(31,32)19-6-3-16(4-7-19)12-27-14-18-2-1-10-26-13-18/h1-11,13,15,27H,12,14H2. The van der Waals surface area contributed by atoms with Gasteiger partial charge in [-0.05, 0) is 53.1 Å². The third-order valence-corrected chi connectivity index (χ3v) is 6.33. The Morgan fingerprint density at radius 3 is 2.47 bits per heavy atom. The summed E-state index contributed by atoms with van der Waals surface area (Å²) in [7, 11) is -3.84. The van der Waals surface area contributed by atoms with E-state index >= 15 is 0 Å². The smallest absolute Gasteiger partial charge is 0.329 e. The van der Waals surface area contributed by atoms with Crippen molar-refractivity contribution in [2.45, 2.75) is 24.2 Å². The second-order valence-electron chi connectivity index (χ2n) is 7.18. The monoisotopic (exact) mass is 489 g/mol. The molecule has 4 rings (SSSR count). The molecule has 0 fully saturated rings. The lowest BCUT2D eigenvalue weighted by Gasteiger charge is -2.08. The number of halogens is 3. The van der Waals surface area contributed by atoms with Crippen LogP contribution in [0, 0.1) is 0 Å². The van der Waals surface area contributed by atoms with Gasteiger partial charge in [0.15, 0.2) is 5.82 Å². The average molecular weight is 489 g/mol. The molecule has 0 amide bonds. The molecular weight excluding hydrogens is 471 g/mol. The maximum absolute atomic E-state index is 12.9. The first-order valence-electron chi connectivity index (χ1n) is 9.93. The fraction of sp³-hybridized carbons (Fsp3) is 0.136. The molecule has 3 heterocycles. The highest BCUT2D eigenvalue weighted by Gasteiger charge is 2.38. The van der Waals surface area contributed by atoms with Gasteiger partial charge >= 0.3 is 12.1 Å². The van der Waals surface area contributed by atoms with E-state index in [2.05, 4.69) is 25.0 Å². The minimum atomic E-state index is -4.73. The number of hydrogen-bond acceptors (Lipinski definition) is 7. The van der Waals surface area contributed by atoms with E-state index in [4.69, 9.17) is 0 Å². The zero-order valence-electron chi connectivity index (χ0n) is 17.5. The minimum Gasteiger partial charge on any atom is -0.329 e. The molecular formula is C22H18F3N5O3S. The van der Waals surface area contributed by atoms with E-state index in [-0.39, 0.29) is 10.7 Å². The van der Waals surface area contributed by atoms with Crippen LogP contribution in [0.2, 0.25) is 0 Å². The van der Waals surface area contributed by atoms with Crippen molar-refractivity contribution in [1.82, 2.24) is 24.4 Å². The third kappa shape index (κ3) is 5.58. The Morgan fingerprint density at radius 1 is 1.03 bits per heavy atom. The first kappa shape index (κ1) is 23.4. The molecule has 0 aliphatic rings. The summed E-state index contributed by atoms with van der Waals surface area (Å²) in [6.07, 6.45) is 3.99. The van der Waals surface area contributed by atoms with Crippen LogP contribution in [-0.2, 0) is 29.3 Å². The predicted octanol–water partition coefficient (Wildman–Crippen LogP) is 3.98. The van der Waals surface area contributed by atoms with Gasteiger partial charge in [-0.25, -0.2) is 12.4 Å². The van der Waals surface area contributed by atoms with Crippen LogP contribution in [0.25, 0.3) is 12.2 Å². The van der Waals surface area contributed by atoms with Gasteiger partial charge in [-0.1, -0.05) is 23.4 Å². The van der Waals surface area contributed by atoms with Crippen LogP contribution in [0.15, 0.2) is 76.7 Å². The summed E-state index contributed by atoms with van der Waals surface area (Å²) in [5.74, 6) is -1.74. The first-order valence-corrected chi connectivity index (χ1v) is 11.4. The van der Waals surface area contributed by atoms with E-state index in [9.17, 15) is 21.6 Å². The summed E-state index contributed by atoms with van der Waals surface area (Å²) in [5.41, 5.74) is 2.38. The highest BCUT2D eigenvalue weighted by atomic mass is 32.2. The molecule has 0 aliphatic heterocycles. The minimum absolute atomic E-state index is 0.0997. The molecule has 1 aromatic carbocycles. The molecule has 12 heteroatoms. The lowest BCUT2D eigenvalue weighted by atomic mass is 10.2. The quantitative estimate of drug-likeness (QED) is 0.399. The van der Waals surface area contributed by atoms with E-state index in [1.165, 1.54) is 42.7 Å². The Morgan fingerprint density at radius 2 is 1.79 bits per heavy atom. The summed E-state index contributed by atoms with van der Waals surface area (Å²) < 4.78 is 68.5. The Kier molecular flexibility index (Phi) is 6.61. The SMILES string of the molecule is O=S(=O)(c1ccc(CNCc2cccnc2)cc1)n1ccc(C=Cc2noc(C(F)(F)F)n2)c1. The molecule has 8 nitrogen and oxygen atoms in total. The summed E-state index contributed by atoms with van der Waals surface area (Å²) in [6.45, 7) is 1.19. The fourth-order valence-electron chi connectivity index (χ4n) is 2.98. The number of aromatic nitrogens is 4. The Bertz CT molecular complexity index is 1380. The van der Waals surface area contributed by atoms with E-state index in [1.807, 2.05) is 12.1 Å². The molecule has 0 saturated heterocycles. The molecule has 0 aliphatic carbocycles. The maximum Gasteiger partial charge on any atom is 0.471 e. The number of pyridine rings is 1. The zero-order chi connectivity index (χ0) is 24.2. The van der Waals surface area contributed by atoms with Crippen molar-refractivity contribution in [2.75, 3.05) is 0 Å². The van der Waals surface area contributed by atoms with Crippen molar-refractivity contribution in [3.05, 3.63) is 95.7 Å². The lowest BCUT2D eigenvalue weighted by Crippen LogP contribution is -2.13. The highest BCUT2D eigenvalue weighted by molar-refractivity contribution is 7.90. The van der Waals surface area contributed by atoms with Crippen molar-refractivity contribution >= 4 is 22.2 Å². The van der Waals surface area contributed by atoms with Crippen LogP contribution in [0.4, 0.5) is 13.2 Å². The number of benzene rings is 1. The van der Waals surface area contributed by atoms with Crippen LogP contribution in [0.1, 0.15) is 28.4 Å². The molecule has 0 saturated carbocycles. The van der Waals surface area contributed by atoms with Crippen LogP contribution < -0.4 is 5.32 Å². The van der Waals surface area contributed by atoms with E-state index in [0.717, 1.165) is 15.1 Å². The molecule has 4 aromatic rings. The lowest BCUT2D eigenvalue weighted by molar-refractivity contribution is -0.159. The molecule has 176 valence electrons. The molecule has 0 bridgehead atoms. The summed E-state index contributed by atoms with van der Waals surface area (Å²) in [6, 6.07) is 11.8. The van der Waals surface area contributed by atoms with E-state index in [1.54, 1.807) is 24.5 Å². The fourth-order valence-corrected chi connectivity index (χ4v) is 4.19. The van der Waals surface area contributed by atoms with Gasteiger partial charge in [0.05, 0.1) is 4.90 Å². The predicted molar refractivity (Wildman–Crippen MR) is 116 cm³/mol. The van der Waals surface area contributed by atoms with E-state index < -0.39 is 22.1 Å². The third-order valence-electron chi connectivity index (χ3n) is 4.68. The molecule has 3 aromatic heterocycles. The summed E-state index contributed by atoms with van der Waals surface area (Å²) >= 11 is 0. The molecule has 0 radical (unpaired) electrons. The van der Waals surface area contributed by atoms with Gasteiger partial charge in [0.25, 0.3) is 10.0 Å². The van der Waals surface area contributed by atoms with E-state index in [0.29, 0.717) is 18.7 Å². The van der Waals surface area contributed by atoms with Crippen LogP contribution in [-0.4, -0.2) is 27.5 Å². The number of rotatable bonds is 8. The van der Waals surface area contributed by atoms with Gasteiger partial charge in [-0.2, -0.15) is 18.2 Å². The molecule has 0 spiro atoms. The summed E-state index contributed by atoms with van der Waals surface area (Å²) in [4.78, 5) is 7.37. The van der Waals surface area contributed by atoms with Crippen molar-refractivity contribution in [1.29, 1.82) is 0 Å². The van der Waals surface area contributed by atoms with Crippen LogP contribution in [0.5, 0.6) is 0 Å². The van der Waals surface area contributed by atoms with Gasteiger partial charge in [0.1, 0.15) is 0 Å². The van der Waals surface area contributed by atoms with Gasteiger partial charge < -0.3 is 9.84 Å². The molecule has 34 heavy (non-hydrogen) atoms. The summed E-state index contributed by atoms with van der Waals surface area (Å²) in [5, 5.41) is 6.49. The normalized spacial score (nSPS) is 12.4. The second-order valence-corrected chi connectivity index (χ2v) is 9.02. The molecule has 1 N–H and O–H groups in total. The second kappa shape index (κ2) is 9.61. The van der Waals surface area contributed by atoms with Crippen molar-refractivity contribution in [3.63, 3.8) is 0 Å². The number of nitrogens with zero attached hydrogens (tertiary/aromatic N) is 4. The van der Waals surface area contributed by atoms with Crippen molar-refractivity contribution in [3.8, 4) is 0 Å². The average Bonchev–Trinajstić information content (AvgIpc) is 3.49. The first-order chi connectivity index (χ1) is 16.2. The molecule has 0 unspecified atom stereocenters.